The third-order valence-electron chi connectivity index (χ3n) is 3.84. The van der Waals surface area contributed by atoms with Gasteiger partial charge in [-0.05, 0) is 36.5 Å². The summed E-state index contributed by atoms with van der Waals surface area (Å²) < 4.78 is 0. The molecule has 0 aliphatic heterocycles. The van der Waals surface area contributed by atoms with E-state index in [0.29, 0.717) is 11.7 Å². The molecular formula is C17H30N2. The summed E-state index contributed by atoms with van der Waals surface area (Å²) in [5.74, 6) is 1.33. The van der Waals surface area contributed by atoms with E-state index in [-0.39, 0.29) is 0 Å². The minimum absolute atomic E-state index is 0.657. The van der Waals surface area contributed by atoms with Crippen LogP contribution in [0.3, 0.4) is 0 Å². The number of unbranched alkanes of at least 4 members (excludes halogenated alkanes) is 5. The Bertz CT molecular complexity index is 336. The largest absolute Gasteiger partial charge is 0.384 e. The normalized spacial score (nSPS) is 12.5. The van der Waals surface area contributed by atoms with Gasteiger partial charge in [-0.2, -0.15) is 0 Å². The van der Waals surface area contributed by atoms with Gasteiger partial charge in [0.05, 0.1) is 0 Å². The van der Waals surface area contributed by atoms with Gasteiger partial charge in [-0.3, -0.25) is 0 Å². The first-order valence-electron chi connectivity index (χ1n) is 7.99. The van der Waals surface area contributed by atoms with Crippen LogP contribution in [-0.4, -0.2) is 4.98 Å². The van der Waals surface area contributed by atoms with Crippen LogP contribution in [0.2, 0.25) is 0 Å². The fourth-order valence-corrected chi connectivity index (χ4v) is 2.64. The van der Waals surface area contributed by atoms with Crippen molar-refractivity contribution in [3.63, 3.8) is 0 Å². The highest BCUT2D eigenvalue weighted by atomic mass is 14.8. The number of hydrogen-bond donors (Lipinski definition) is 1. The van der Waals surface area contributed by atoms with Gasteiger partial charge in [-0.15, -0.1) is 0 Å². The molecule has 1 atom stereocenters. The van der Waals surface area contributed by atoms with Crippen LogP contribution in [0.25, 0.3) is 0 Å². The molecule has 2 N–H and O–H groups in total. The van der Waals surface area contributed by atoms with Gasteiger partial charge in [0, 0.05) is 6.20 Å². The highest BCUT2D eigenvalue weighted by molar-refractivity contribution is 5.33. The van der Waals surface area contributed by atoms with Gasteiger partial charge in [0.15, 0.2) is 0 Å². The Balaban J connectivity index is 2.47. The highest BCUT2D eigenvalue weighted by Crippen LogP contribution is 2.28. The Morgan fingerprint density at radius 1 is 1.00 bits per heavy atom. The van der Waals surface area contributed by atoms with Crippen LogP contribution in [0.15, 0.2) is 18.3 Å². The van der Waals surface area contributed by atoms with Gasteiger partial charge < -0.3 is 5.73 Å². The van der Waals surface area contributed by atoms with E-state index < -0.39 is 0 Å². The lowest BCUT2D eigenvalue weighted by molar-refractivity contribution is 0.504. The molecule has 0 spiro atoms. The van der Waals surface area contributed by atoms with E-state index in [1.807, 2.05) is 6.20 Å². The standard InChI is InChI=1S/C17H30N2/c1-3-5-7-8-9-11-15(10-6-4-2)16-12-13-19-17(18)14-16/h12-15H,3-11H2,1-2H3,(H2,18,19). The van der Waals surface area contributed by atoms with Crippen molar-refractivity contribution in [3.8, 4) is 0 Å². The second kappa shape index (κ2) is 9.82. The van der Waals surface area contributed by atoms with Gasteiger partial charge in [0.2, 0.25) is 0 Å². The number of anilines is 1. The van der Waals surface area contributed by atoms with Crippen LogP contribution in [-0.2, 0) is 0 Å². The monoisotopic (exact) mass is 262 g/mol. The van der Waals surface area contributed by atoms with Crippen molar-refractivity contribution >= 4 is 5.82 Å². The molecule has 0 aliphatic carbocycles. The van der Waals surface area contributed by atoms with Crippen molar-refractivity contribution in [2.24, 2.45) is 0 Å². The van der Waals surface area contributed by atoms with E-state index in [0.717, 1.165) is 0 Å². The second-order valence-corrected chi connectivity index (χ2v) is 5.56. The Morgan fingerprint density at radius 2 is 1.68 bits per heavy atom. The SMILES string of the molecule is CCCCCCCC(CCCC)c1ccnc(N)c1. The van der Waals surface area contributed by atoms with Gasteiger partial charge in [0.25, 0.3) is 0 Å². The molecule has 108 valence electrons. The molecule has 1 aromatic rings. The molecule has 1 aromatic heterocycles. The Morgan fingerprint density at radius 3 is 2.37 bits per heavy atom. The summed E-state index contributed by atoms with van der Waals surface area (Å²) in [6.45, 7) is 4.53. The predicted octanol–water partition coefficient (Wildman–Crippen LogP) is 5.30. The molecule has 0 aromatic carbocycles. The summed E-state index contributed by atoms with van der Waals surface area (Å²) in [6.07, 6.45) is 13.8. The van der Waals surface area contributed by atoms with E-state index in [2.05, 4.69) is 31.0 Å². The molecule has 1 rings (SSSR count). The zero-order valence-corrected chi connectivity index (χ0v) is 12.7. The van der Waals surface area contributed by atoms with E-state index in [1.54, 1.807) is 0 Å². The molecule has 0 saturated carbocycles. The lowest BCUT2D eigenvalue weighted by Gasteiger charge is -2.17. The number of nitrogens with two attached hydrogens (primary N) is 1. The fourth-order valence-electron chi connectivity index (χ4n) is 2.64. The topological polar surface area (TPSA) is 38.9 Å². The molecule has 0 bridgehead atoms. The first-order chi connectivity index (χ1) is 9.27. The van der Waals surface area contributed by atoms with Crippen LogP contribution in [0, 0.1) is 0 Å². The van der Waals surface area contributed by atoms with Crippen molar-refractivity contribution < 1.29 is 0 Å². The molecule has 2 nitrogen and oxygen atoms in total. The molecule has 0 aliphatic rings. The predicted molar refractivity (Wildman–Crippen MR) is 84.3 cm³/mol. The maximum Gasteiger partial charge on any atom is 0.123 e. The Hall–Kier alpha value is -1.05. The highest BCUT2D eigenvalue weighted by Gasteiger charge is 2.11. The third-order valence-corrected chi connectivity index (χ3v) is 3.84. The summed E-state index contributed by atoms with van der Waals surface area (Å²) in [5.41, 5.74) is 7.19. The van der Waals surface area contributed by atoms with Crippen molar-refractivity contribution in [1.29, 1.82) is 0 Å². The smallest absolute Gasteiger partial charge is 0.123 e. The number of rotatable bonds is 10. The molecule has 2 heteroatoms. The molecule has 1 unspecified atom stereocenters. The summed E-state index contributed by atoms with van der Waals surface area (Å²) in [7, 11) is 0. The Kier molecular flexibility index (Phi) is 8.28. The first-order valence-corrected chi connectivity index (χ1v) is 7.99. The van der Waals surface area contributed by atoms with Crippen LogP contribution in [0.5, 0.6) is 0 Å². The molecule has 0 saturated heterocycles. The van der Waals surface area contributed by atoms with E-state index >= 15 is 0 Å². The number of aromatic nitrogens is 1. The molecule has 1 heterocycles. The van der Waals surface area contributed by atoms with Gasteiger partial charge in [-0.1, -0.05) is 58.8 Å². The van der Waals surface area contributed by atoms with Crippen molar-refractivity contribution in [3.05, 3.63) is 23.9 Å². The number of hydrogen-bond acceptors (Lipinski definition) is 2. The Labute approximate surface area is 118 Å². The maximum atomic E-state index is 5.81. The van der Waals surface area contributed by atoms with Gasteiger partial charge in [0.1, 0.15) is 5.82 Å². The minimum atomic E-state index is 0.657. The molecule has 0 amide bonds. The van der Waals surface area contributed by atoms with Crippen molar-refractivity contribution in [1.82, 2.24) is 4.98 Å². The lowest BCUT2D eigenvalue weighted by atomic mass is 9.89. The fraction of sp³-hybridized carbons (Fsp3) is 0.706. The van der Waals surface area contributed by atoms with Gasteiger partial charge in [-0.25, -0.2) is 4.98 Å². The summed E-state index contributed by atoms with van der Waals surface area (Å²) in [4.78, 5) is 4.10. The zero-order chi connectivity index (χ0) is 13.9. The first kappa shape index (κ1) is 16.0. The maximum absolute atomic E-state index is 5.81. The molecule has 0 fully saturated rings. The van der Waals surface area contributed by atoms with Crippen molar-refractivity contribution in [2.75, 3.05) is 5.73 Å². The third kappa shape index (κ3) is 6.60. The van der Waals surface area contributed by atoms with E-state index in [9.17, 15) is 0 Å². The molecule has 19 heavy (non-hydrogen) atoms. The van der Waals surface area contributed by atoms with Crippen LogP contribution >= 0.6 is 0 Å². The quantitative estimate of drug-likeness (QED) is 0.581. The van der Waals surface area contributed by atoms with Crippen molar-refractivity contribution in [2.45, 2.75) is 77.6 Å². The molecular weight excluding hydrogens is 232 g/mol. The average Bonchev–Trinajstić information content (AvgIpc) is 2.42. The summed E-state index contributed by atoms with van der Waals surface area (Å²) >= 11 is 0. The average molecular weight is 262 g/mol. The van der Waals surface area contributed by atoms with E-state index in [4.69, 9.17) is 5.73 Å². The number of pyridine rings is 1. The van der Waals surface area contributed by atoms with Gasteiger partial charge >= 0.3 is 0 Å². The second-order valence-electron chi connectivity index (χ2n) is 5.56. The van der Waals surface area contributed by atoms with Crippen LogP contribution in [0.4, 0.5) is 5.82 Å². The number of nitrogens with zero attached hydrogens (tertiary/aromatic N) is 1. The zero-order valence-electron chi connectivity index (χ0n) is 12.7. The summed E-state index contributed by atoms with van der Waals surface area (Å²) in [6, 6.07) is 4.20. The van der Waals surface area contributed by atoms with E-state index in [1.165, 1.54) is 63.4 Å². The van der Waals surface area contributed by atoms with Crippen LogP contribution < -0.4 is 5.73 Å². The number of nitrogen functional groups attached to an aromatic ring is 1. The minimum Gasteiger partial charge on any atom is -0.384 e. The molecule has 0 radical (unpaired) electrons. The summed E-state index contributed by atoms with van der Waals surface area (Å²) in [5, 5.41) is 0. The lowest BCUT2D eigenvalue weighted by Crippen LogP contribution is -2.01. The van der Waals surface area contributed by atoms with Crippen LogP contribution in [0.1, 0.15) is 83.1 Å².